The smallest absolute Gasteiger partial charge is 0.382 e. The molecule has 0 aromatic carbocycles. The van der Waals surface area contributed by atoms with Crippen molar-refractivity contribution >= 4 is 61.4 Å². The van der Waals surface area contributed by atoms with Gasteiger partial charge in [-0.05, 0) is 0 Å². The van der Waals surface area contributed by atoms with Crippen LogP contribution in [0.2, 0.25) is 0 Å². The molecule has 24 heteroatoms. The Morgan fingerprint density at radius 3 is 2.58 bits per heavy atom. The Morgan fingerprint density at radius 2 is 1.80 bits per heavy atom. The van der Waals surface area contributed by atoms with E-state index < -0.39 is 83.0 Å². The molecule has 9 unspecified atom stereocenters. The van der Waals surface area contributed by atoms with E-state index in [1.165, 1.54) is 35.2 Å². The number of halogens is 1. The Kier molecular flexibility index (Phi) is 7.92. The van der Waals surface area contributed by atoms with Crippen LogP contribution >= 0.6 is 27.3 Å². The van der Waals surface area contributed by atoms with Gasteiger partial charge >= 0.3 is 15.1 Å². The molecular formula is C21H25FN10O10P2S. The lowest BCUT2D eigenvalue weighted by Gasteiger charge is -2.26. The van der Waals surface area contributed by atoms with Crippen molar-refractivity contribution in [3.05, 3.63) is 29.3 Å². The lowest BCUT2D eigenvalue weighted by molar-refractivity contribution is -0.0571. The van der Waals surface area contributed by atoms with Crippen molar-refractivity contribution in [2.45, 2.75) is 49.1 Å². The summed E-state index contributed by atoms with van der Waals surface area (Å²) in [5.41, 5.74) is 11.3. The highest BCUT2D eigenvalue weighted by Crippen LogP contribution is 2.58. The van der Waals surface area contributed by atoms with E-state index in [9.17, 15) is 13.9 Å². The fourth-order valence-corrected chi connectivity index (χ4v) is 7.82. The summed E-state index contributed by atoms with van der Waals surface area (Å²) < 4.78 is 85.2. The van der Waals surface area contributed by atoms with Gasteiger partial charge < -0.3 is 34.7 Å². The average Bonchev–Trinajstić information content (AvgIpc) is 3.75. The summed E-state index contributed by atoms with van der Waals surface area (Å²) in [4.78, 5) is 35.0. The number of thiol groups is 1. The van der Waals surface area contributed by atoms with Crippen LogP contribution in [0, 0.1) is 0 Å². The first-order valence-corrected chi connectivity index (χ1v) is 17.1. The number of methoxy groups -OCH3 is 1. The minimum atomic E-state index is -4.31. The molecule has 242 valence electrons. The normalized spacial score (nSPS) is 36.0. The molecule has 0 saturated carbocycles. The topological polar surface area (TPSA) is 258 Å². The van der Waals surface area contributed by atoms with Gasteiger partial charge in [0, 0.05) is 7.11 Å². The number of hydrogen-bond acceptors (Lipinski definition) is 17. The maximum Gasteiger partial charge on any atom is 0.386 e. The molecule has 4 aromatic heterocycles. The van der Waals surface area contributed by atoms with Crippen LogP contribution in [-0.4, -0.2) is 96.1 Å². The van der Waals surface area contributed by atoms with Gasteiger partial charge in [-0.1, -0.05) is 12.2 Å². The number of H-pyrrole nitrogens is 1. The number of nitrogens with two attached hydrogens (primary N) is 2. The highest BCUT2D eigenvalue weighted by atomic mass is 32.7. The Bertz CT molecular complexity index is 1900. The molecule has 3 aliphatic rings. The van der Waals surface area contributed by atoms with E-state index in [4.69, 9.17) is 43.8 Å². The van der Waals surface area contributed by atoms with Gasteiger partial charge in [0.2, 0.25) is 5.95 Å². The van der Waals surface area contributed by atoms with Crippen molar-refractivity contribution in [1.29, 1.82) is 0 Å². The van der Waals surface area contributed by atoms with Crippen molar-refractivity contribution in [1.82, 2.24) is 39.0 Å². The number of nitrogen functional groups attached to an aromatic ring is 2. The highest BCUT2D eigenvalue weighted by molar-refractivity contribution is 8.44. The molecule has 0 radical (unpaired) electrons. The largest absolute Gasteiger partial charge is 0.386 e. The summed E-state index contributed by atoms with van der Waals surface area (Å²) in [5, 5.41) is 0. The van der Waals surface area contributed by atoms with E-state index in [2.05, 4.69) is 42.2 Å². The summed E-state index contributed by atoms with van der Waals surface area (Å²) in [6.07, 6.45) is -6.87. The molecule has 3 fully saturated rings. The first-order valence-electron chi connectivity index (χ1n) is 13.2. The summed E-state index contributed by atoms with van der Waals surface area (Å²) in [7, 11) is -2.08. The van der Waals surface area contributed by atoms with Gasteiger partial charge in [-0.2, -0.15) is 4.98 Å². The third kappa shape index (κ3) is 5.43. The maximum atomic E-state index is 15.9. The summed E-state index contributed by atoms with van der Waals surface area (Å²) >= 11 is 4.14. The zero-order chi connectivity index (χ0) is 31.6. The third-order valence-corrected chi connectivity index (χ3v) is 9.95. The second kappa shape index (κ2) is 11.6. The predicted molar refractivity (Wildman–Crippen MR) is 153 cm³/mol. The van der Waals surface area contributed by atoms with Gasteiger partial charge in [-0.3, -0.25) is 32.5 Å². The number of aromatic nitrogens is 8. The number of rotatable bonds is 3. The van der Waals surface area contributed by atoms with E-state index >= 15 is 4.39 Å². The fourth-order valence-electron chi connectivity index (χ4n) is 5.49. The molecule has 0 aliphatic carbocycles. The van der Waals surface area contributed by atoms with Crippen LogP contribution in [-0.2, 0) is 41.4 Å². The van der Waals surface area contributed by atoms with E-state index in [1.54, 1.807) is 0 Å². The SMILES string of the molecule is COC1C2CO[PH](=O)OC3C(CO[P@@](=O)(S)OC1C(n1cnc4c(=O)[nH]c(N)nc41)O2)OC(n1cnc2c(N)ncnc21)C3F. The van der Waals surface area contributed by atoms with Crippen molar-refractivity contribution in [2.24, 2.45) is 0 Å². The number of nitrogens with zero attached hydrogens (tertiary/aromatic N) is 7. The molecule has 2 bridgehead atoms. The number of anilines is 2. The van der Waals surface area contributed by atoms with E-state index in [0.717, 1.165) is 0 Å². The van der Waals surface area contributed by atoms with Gasteiger partial charge in [-0.15, -0.1) is 0 Å². The Hall–Kier alpha value is -3.04. The molecule has 20 nitrogen and oxygen atoms in total. The molecule has 0 amide bonds. The third-order valence-electron chi connectivity index (χ3n) is 7.47. The number of hydrogen-bond donors (Lipinski definition) is 4. The van der Waals surface area contributed by atoms with Crippen LogP contribution in [0.5, 0.6) is 0 Å². The molecular weight excluding hydrogens is 665 g/mol. The van der Waals surface area contributed by atoms with Crippen molar-refractivity contribution in [2.75, 3.05) is 31.8 Å². The van der Waals surface area contributed by atoms with Crippen molar-refractivity contribution in [3.8, 4) is 0 Å². The Morgan fingerprint density at radius 1 is 1.07 bits per heavy atom. The molecule has 3 saturated heterocycles. The minimum Gasteiger partial charge on any atom is -0.382 e. The van der Waals surface area contributed by atoms with Crippen LogP contribution in [0.1, 0.15) is 12.5 Å². The van der Waals surface area contributed by atoms with Crippen LogP contribution in [0.3, 0.4) is 0 Å². The summed E-state index contributed by atoms with van der Waals surface area (Å²) in [5.74, 6) is -0.121. The number of ether oxygens (including phenoxy) is 3. The monoisotopic (exact) mass is 690 g/mol. The van der Waals surface area contributed by atoms with Gasteiger partial charge in [0.1, 0.15) is 42.4 Å². The van der Waals surface area contributed by atoms with Crippen LogP contribution in [0.25, 0.3) is 22.3 Å². The van der Waals surface area contributed by atoms with Gasteiger partial charge in [0.05, 0.1) is 25.9 Å². The van der Waals surface area contributed by atoms with E-state index in [-0.39, 0.29) is 34.1 Å². The number of fused-ring (bicyclic) bond motifs is 5. The Balaban J connectivity index is 1.20. The second-order valence-corrected chi connectivity index (χ2v) is 14.0. The number of aromatic amines is 1. The van der Waals surface area contributed by atoms with Crippen LogP contribution in [0.4, 0.5) is 16.2 Å². The number of alkyl halides is 1. The van der Waals surface area contributed by atoms with Crippen LogP contribution < -0.4 is 17.0 Å². The highest BCUT2D eigenvalue weighted by Gasteiger charge is 2.53. The molecule has 0 spiro atoms. The molecule has 3 aliphatic heterocycles. The number of imidazole rings is 2. The quantitative estimate of drug-likeness (QED) is 0.169. The fraction of sp³-hybridized carbons (Fsp3) is 0.524. The molecule has 5 N–H and O–H groups in total. The average molecular weight is 691 g/mol. The molecule has 4 aromatic rings. The molecule has 10 atom stereocenters. The van der Waals surface area contributed by atoms with Crippen molar-refractivity contribution < 1.29 is 45.8 Å². The first kappa shape index (κ1) is 30.6. The van der Waals surface area contributed by atoms with Gasteiger partial charge in [0.15, 0.2) is 41.3 Å². The Labute approximate surface area is 256 Å². The zero-order valence-electron chi connectivity index (χ0n) is 22.9. The summed E-state index contributed by atoms with van der Waals surface area (Å²) in [6, 6.07) is 0. The lowest BCUT2D eigenvalue weighted by Crippen LogP contribution is -2.36. The van der Waals surface area contributed by atoms with Crippen molar-refractivity contribution in [3.63, 3.8) is 0 Å². The standard InChI is InChI=1S/C21H25FN10O10P2S/c1-36-13-7-2-37-43(34)41-12-8(39-19(9(12)22)31-5-27-10-15(23)25-4-26-16(10)31)3-38-44(35,45)42-14(13)20(40-7)32-6-28-11-17(32)29-21(24)30-18(11)33/h4-9,12-14,19-20,43H,2-3H2,1H3,(H,35,45)(H2,23,25,26)(H3,24,29,30,33)/t7?,8?,9?,12?,13?,14?,19?,20?,44-/m1/s1. The predicted octanol–water partition coefficient (Wildman–Crippen LogP) is 0.517. The molecule has 7 heterocycles. The summed E-state index contributed by atoms with van der Waals surface area (Å²) in [6.45, 7) is -5.29. The number of nitrogens with one attached hydrogen (secondary N) is 1. The first-order chi connectivity index (χ1) is 21.5. The molecule has 45 heavy (non-hydrogen) atoms. The van der Waals surface area contributed by atoms with Gasteiger partial charge in [0.25, 0.3) is 5.56 Å². The minimum absolute atomic E-state index is 0.0282. The lowest BCUT2D eigenvalue weighted by atomic mass is 10.1. The molecule has 7 rings (SSSR count). The van der Waals surface area contributed by atoms with E-state index in [0.29, 0.717) is 0 Å². The maximum absolute atomic E-state index is 15.9. The second-order valence-electron chi connectivity index (χ2n) is 10.1. The zero-order valence-corrected chi connectivity index (χ0v) is 25.7. The van der Waals surface area contributed by atoms with Crippen LogP contribution in [0.15, 0.2) is 23.8 Å². The van der Waals surface area contributed by atoms with E-state index in [1.807, 2.05) is 0 Å². The van der Waals surface area contributed by atoms with Gasteiger partial charge in [-0.25, -0.2) is 28.9 Å².